The maximum absolute atomic E-state index is 13.0. The van der Waals surface area contributed by atoms with Crippen LogP contribution in [0.15, 0.2) is 60.6 Å². The fourth-order valence-electron chi connectivity index (χ4n) is 3.72. The number of H-pyrrole nitrogens is 1. The SMILES string of the molecule is CN(C)CCN1C(=O)C(=O)C(=C(O)c2c[nH]c3ccccc23)C1c1cccnc1. The molecule has 148 valence electrons. The van der Waals surface area contributed by atoms with Gasteiger partial charge >= 0.3 is 0 Å². The molecule has 0 aliphatic carbocycles. The molecule has 3 heterocycles. The average molecular weight is 390 g/mol. The minimum atomic E-state index is -0.683. The minimum Gasteiger partial charge on any atom is -0.507 e. The number of aromatic nitrogens is 2. The van der Waals surface area contributed by atoms with Crippen molar-refractivity contribution in [2.75, 3.05) is 27.2 Å². The standard InChI is InChI=1S/C22H22N4O3/c1-25(2)10-11-26-19(14-6-5-9-23-12-14)18(21(28)22(26)29)20(27)16-13-24-17-8-4-3-7-15(16)17/h3-9,12-13,19,24,27H,10-11H2,1-2H3. The Kier molecular flexibility index (Phi) is 4.90. The van der Waals surface area contributed by atoms with E-state index in [1.165, 1.54) is 4.90 Å². The van der Waals surface area contributed by atoms with Crippen molar-refractivity contribution in [1.29, 1.82) is 0 Å². The van der Waals surface area contributed by atoms with E-state index in [0.717, 1.165) is 10.9 Å². The summed E-state index contributed by atoms with van der Waals surface area (Å²) >= 11 is 0. The molecule has 1 aliphatic heterocycles. The summed E-state index contributed by atoms with van der Waals surface area (Å²) in [5.74, 6) is -1.47. The summed E-state index contributed by atoms with van der Waals surface area (Å²) < 4.78 is 0. The maximum Gasteiger partial charge on any atom is 0.295 e. The van der Waals surface area contributed by atoms with Crippen LogP contribution in [0.4, 0.5) is 0 Å². The molecule has 29 heavy (non-hydrogen) atoms. The lowest BCUT2D eigenvalue weighted by atomic mass is 9.96. The normalized spacial score (nSPS) is 18.9. The smallest absolute Gasteiger partial charge is 0.295 e. The van der Waals surface area contributed by atoms with Gasteiger partial charge in [0.05, 0.1) is 11.6 Å². The first-order chi connectivity index (χ1) is 14.0. The van der Waals surface area contributed by atoms with E-state index < -0.39 is 17.7 Å². The highest BCUT2D eigenvalue weighted by Gasteiger charge is 2.46. The highest BCUT2D eigenvalue weighted by molar-refractivity contribution is 6.46. The molecule has 0 bridgehead atoms. The average Bonchev–Trinajstić information content (AvgIpc) is 3.26. The number of Topliss-reactive ketones (excluding diaryl/α,β-unsaturated/α-hetero) is 1. The summed E-state index contributed by atoms with van der Waals surface area (Å²) in [4.78, 5) is 36.5. The van der Waals surface area contributed by atoms with Crippen LogP contribution >= 0.6 is 0 Å². The van der Waals surface area contributed by atoms with Crippen LogP contribution in [0.1, 0.15) is 17.2 Å². The first-order valence-corrected chi connectivity index (χ1v) is 9.38. The predicted octanol–water partition coefficient (Wildman–Crippen LogP) is 2.55. The number of nitrogens with one attached hydrogen (secondary N) is 1. The molecular formula is C22H22N4O3. The molecule has 0 saturated carbocycles. The van der Waals surface area contributed by atoms with Gasteiger partial charge in [-0.05, 0) is 31.8 Å². The molecule has 1 fully saturated rings. The third-order valence-electron chi connectivity index (χ3n) is 5.17. The molecular weight excluding hydrogens is 368 g/mol. The number of hydrogen-bond acceptors (Lipinski definition) is 5. The monoisotopic (exact) mass is 390 g/mol. The summed E-state index contributed by atoms with van der Waals surface area (Å²) in [7, 11) is 3.81. The van der Waals surface area contributed by atoms with E-state index in [9.17, 15) is 14.7 Å². The Balaban J connectivity index is 1.88. The van der Waals surface area contributed by atoms with E-state index in [2.05, 4.69) is 9.97 Å². The van der Waals surface area contributed by atoms with Crippen LogP contribution in [0.5, 0.6) is 0 Å². The van der Waals surface area contributed by atoms with Crippen LogP contribution in [-0.4, -0.2) is 63.7 Å². The summed E-state index contributed by atoms with van der Waals surface area (Å²) in [6, 6.07) is 10.4. The number of carbonyl (C=O) groups excluding carboxylic acids is 2. The molecule has 7 heteroatoms. The molecule has 2 N–H and O–H groups in total. The number of ketones is 1. The highest BCUT2D eigenvalue weighted by Crippen LogP contribution is 2.40. The van der Waals surface area contributed by atoms with Gasteiger partial charge in [0.1, 0.15) is 5.76 Å². The van der Waals surface area contributed by atoms with Gasteiger partial charge in [0.25, 0.3) is 11.7 Å². The summed E-state index contributed by atoms with van der Waals surface area (Å²) in [5, 5.41) is 11.9. The molecule has 0 spiro atoms. The predicted molar refractivity (Wildman–Crippen MR) is 110 cm³/mol. The number of aliphatic hydroxyl groups is 1. The second-order valence-corrected chi connectivity index (χ2v) is 7.33. The molecule has 2 aromatic heterocycles. The van der Waals surface area contributed by atoms with E-state index in [1.807, 2.05) is 49.3 Å². The zero-order valence-electron chi connectivity index (χ0n) is 16.3. The molecule has 1 amide bonds. The van der Waals surface area contributed by atoms with Crippen LogP contribution in [0, 0.1) is 0 Å². The maximum atomic E-state index is 13.0. The quantitative estimate of drug-likeness (QED) is 0.397. The third kappa shape index (κ3) is 3.30. The minimum absolute atomic E-state index is 0.0894. The van der Waals surface area contributed by atoms with Gasteiger partial charge in [0.2, 0.25) is 0 Å². The number of likely N-dealkylation sites (tertiary alicyclic amines) is 1. The Bertz CT molecular complexity index is 1100. The van der Waals surface area contributed by atoms with Gasteiger partial charge in [-0.2, -0.15) is 0 Å². The number of aromatic amines is 1. The lowest BCUT2D eigenvalue weighted by molar-refractivity contribution is -0.140. The topological polar surface area (TPSA) is 89.5 Å². The van der Waals surface area contributed by atoms with Crippen molar-refractivity contribution in [3.8, 4) is 0 Å². The van der Waals surface area contributed by atoms with E-state index >= 15 is 0 Å². The number of carbonyl (C=O) groups is 2. The molecule has 1 aromatic carbocycles. The Morgan fingerprint density at radius 2 is 2.00 bits per heavy atom. The number of rotatable bonds is 5. The molecule has 1 atom stereocenters. The summed E-state index contributed by atoms with van der Waals surface area (Å²) in [6.45, 7) is 0.957. The van der Waals surface area contributed by atoms with Crippen molar-refractivity contribution < 1.29 is 14.7 Å². The number of aliphatic hydroxyl groups excluding tert-OH is 1. The van der Waals surface area contributed by atoms with Crippen molar-refractivity contribution in [3.05, 3.63) is 71.7 Å². The molecule has 1 saturated heterocycles. The summed E-state index contributed by atoms with van der Waals surface area (Å²) in [6.07, 6.45) is 4.92. The first kappa shape index (κ1) is 18.9. The lowest BCUT2D eigenvalue weighted by Gasteiger charge is -2.26. The number of benzene rings is 1. The number of hydrogen-bond donors (Lipinski definition) is 2. The zero-order valence-corrected chi connectivity index (χ0v) is 16.3. The van der Waals surface area contributed by atoms with Gasteiger partial charge in [0.15, 0.2) is 0 Å². The van der Waals surface area contributed by atoms with E-state index in [4.69, 9.17) is 0 Å². The highest BCUT2D eigenvalue weighted by atomic mass is 16.3. The van der Waals surface area contributed by atoms with E-state index in [0.29, 0.717) is 24.2 Å². The van der Waals surface area contributed by atoms with Crippen molar-refractivity contribution in [1.82, 2.24) is 19.8 Å². The van der Waals surface area contributed by atoms with Gasteiger partial charge in [0, 0.05) is 48.1 Å². The second-order valence-electron chi connectivity index (χ2n) is 7.33. The van der Waals surface area contributed by atoms with Gasteiger partial charge in [-0.15, -0.1) is 0 Å². The van der Waals surface area contributed by atoms with Crippen molar-refractivity contribution >= 4 is 28.4 Å². The van der Waals surface area contributed by atoms with E-state index in [-0.39, 0.29) is 11.3 Å². The van der Waals surface area contributed by atoms with Crippen LogP contribution < -0.4 is 0 Å². The summed E-state index contributed by atoms with van der Waals surface area (Å²) in [5.41, 5.74) is 2.12. The first-order valence-electron chi connectivity index (χ1n) is 9.38. The molecule has 0 radical (unpaired) electrons. The van der Waals surface area contributed by atoms with Gasteiger partial charge in [-0.3, -0.25) is 14.6 Å². The van der Waals surface area contributed by atoms with Crippen LogP contribution in [0.3, 0.4) is 0 Å². The molecule has 3 aromatic rings. The third-order valence-corrected chi connectivity index (χ3v) is 5.17. The Labute approximate surface area is 168 Å². The second kappa shape index (κ2) is 7.52. The lowest BCUT2D eigenvalue weighted by Crippen LogP contribution is -2.35. The molecule has 1 unspecified atom stereocenters. The number of fused-ring (bicyclic) bond motifs is 1. The Morgan fingerprint density at radius 3 is 2.72 bits per heavy atom. The van der Waals surface area contributed by atoms with Crippen LogP contribution in [0.2, 0.25) is 0 Å². The largest absolute Gasteiger partial charge is 0.507 e. The number of amides is 1. The fourth-order valence-corrected chi connectivity index (χ4v) is 3.72. The van der Waals surface area contributed by atoms with Crippen LogP contribution in [0.25, 0.3) is 16.7 Å². The van der Waals surface area contributed by atoms with Gasteiger partial charge in [-0.25, -0.2) is 0 Å². The van der Waals surface area contributed by atoms with Crippen molar-refractivity contribution in [2.24, 2.45) is 0 Å². The Morgan fingerprint density at radius 1 is 1.21 bits per heavy atom. The van der Waals surface area contributed by atoms with Gasteiger partial charge in [-0.1, -0.05) is 24.3 Å². The molecule has 7 nitrogen and oxygen atoms in total. The van der Waals surface area contributed by atoms with E-state index in [1.54, 1.807) is 24.7 Å². The fraction of sp³-hybridized carbons (Fsp3) is 0.227. The molecule has 4 rings (SSSR count). The van der Waals surface area contributed by atoms with Crippen molar-refractivity contribution in [2.45, 2.75) is 6.04 Å². The van der Waals surface area contributed by atoms with Gasteiger partial charge < -0.3 is 19.9 Å². The van der Waals surface area contributed by atoms with Crippen LogP contribution in [-0.2, 0) is 9.59 Å². The Hall–Kier alpha value is -3.45. The number of nitrogens with zero attached hydrogens (tertiary/aromatic N) is 3. The molecule has 1 aliphatic rings. The zero-order chi connectivity index (χ0) is 20.5. The number of likely N-dealkylation sites (N-methyl/N-ethyl adjacent to an activating group) is 1. The van der Waals surface area contributed by atoms with Crippen molar-refractivity contribution in [3.63, 3.8) is 0 Å². The number of para-hydroxylation sites is 1. The number of pyridine rings is 1.